The SMILES string of the molecule is COc1cc([C@H]2N=C(N)Nc3nc4ccccc4n32)cc2c1OCCO2. The molecule has 2 aliphatic heterocycles. The van der Waals surface area contributed by atoms with Crippen LogP contribution in [0.2, 0.25) is 0 Å². The summed E-state index contributed by atoms with van der Waals surface area (Å²) in [6.07, 6.45) is -0.386. The predicted octanol–water partition coefficient (Wildman–Crippen LogP) is 2.10. The normalized spacial score (nSPS) is 18.0. The Kier molecular flexibility index (Phi) is 3.18. The van der Waals surface area contributed by atoms with Crippen LogP contribution in [0.25, 0.3) is 11.0 Å². The molecule has 0 fully saturated rings. The Labute approximate surface area is 149 Å². The highest BCUT2D eigenvalue weighted by atomic mass is 16.6. The van der Waals surface area contributed by atoms with Crippen LogP contribution in [0.5, 0.6) is 17.2 Å². The highest BCUT2D eigenvalue weighted by Gasteiger charge is 2.28. The highest BCUT2D eigenvalue weighted by Crippen LogP contribution is 2.43. The number of aromatic nitrogens is 2. The van der Waals surface area contributed by atoms with E-state index in [0.717, 1.165) is 16.6 Å². The van der Waals surface area contributed by atoms with E-state index >= 15 is 0 Å². The van der Waals surface area contributed by atoms with E-state index in [0.29, 0.717) is 42.4 Å². The molecule has 0 aliphatic carbocycles. The molecule has 3 aromatic rings. The van der Waals surface area contributed by atoms with E-state index in [2.05, 4.69) is 15.3 Å². The fourth-order valence-corrected chi connectivity index (χ4v) is 3.38. The summed E-state index contributed by atoms with van der Waals surface area (Å²) in [6.45, 7) is 0.994. The number of rotatable bonds is 2. The van der Waals surface area contributed by atoms with Crippen LogP contribution in [-0.4, -0.2) is 35.8 Å². The summed E-state index contributed by atoms with van der Waals surface area (Å²) in [5, 5.41) is 3.03. The predicted molar refractivity (Wildman–Crippen MR) is 97.1 cm³/mol. The largest absolute Gasteiger partial charge is 0.493 e. The molecule has 2 aromatic carbocycles. The molecule has 5 rings (SSSR count). The molecule has 0 saturated heterocycles. The van der Waals surface area contributed by atoms with E-state index < -0.39 is 0 Å². The number of methoxy groups -OCH3 is 1. The lowest BCUT2D eigenvalue weighted by molar-refractivity contribution is 0.164. The van der Waals surface area contributed by atoms with Gasteiger partial charge in [0, 0.05) is 5.56 Å². The lowest BCUT2D eigenvalue weighted by Crippen LogP contribution is -2.31. The van der Waals surface area contributed by atoms with Gasteiger partial charge in [-0.1, -0.05) is 12.1 Å². The van der Waals surface area contributed by atoms with Gasteiger partial charge in [0.1, 0.15) is 13.2 Å². The number of aliphatic imine (C=N–C) groups is 1. The van der Waals surface area contributed by atoms with Crippen molar-refractivity contribution in [2.24, 2.45) is 10.7 Å². The number of fused-ring (bicyclic) bond motifs is 4. The first-order valence-electron chi connectivity index (χ1n) is 8.29. The molecule has 0 spiro atoms. The van der Waals surface area contributed by atoms with Crippen molar-refractivity contribution < 1.29 is 14.2 Å². The van der Waals surface area contributed by atoms with Gasteiger partial charge < -0.3 is 19.9 Å². The van der Waals surface area contributed by atoms with E-state index in [1.54, 1.807) is 7.11 Å². The van der Waals surface area contributed by atoms with E-state index in [9.17, 15) is 0 Å². The van der Waals surface area contributed by atoms with Crippen LogP contribution in [-0.2, 0) is 0 Å². The second-order valence-corrected chi connectivity index (χ2v) is 6.05. The van der Waals surface area contributed by atoms with Crippen molar-refractivity contribution in [3.63, 3.8) is 0 Å². The number of nitrogens with zero attached hydrogens (tertiary/aromatic N) is 3. The van der Waals surface area contributed by atoms with E-state index in [1.807, 2.05) is 41.0 Å². The molecule has 0 amide bonds. The molecule has 0 bridgehead atoms. The van der Waals surface area contributed by atoms with Gasteiger partial charge in [0.05, 0.1) is 18.1 Å². The van der Waals surface area contributed by atoms with Gasteiger partial charge in [-0.25, -0.2) is 9.98 Å². The monoisotopic (exact) mass is 351 g/mol. The van der Waals surface area contributed by atoms with Crippen LogP contribution in [0.15, 0.2) is 41.4 Å². The Balaban J connectivity index is 1.72. The van der Waals surface area contributed by atoms with Gasteiger partial charge in [-0.15, -0.1) is 0 Å². The quantitative estimate of drug-likeness (QED) is 0.734. The molecule has 1 aromatic heterocycles. The third kappa shape index (κ3) is 2.15. The maximum Gasteiger partial charge on any atom is 0.212 e. The van der Waals surface area contributed by atoms with Crippen LogP contribution >= 0.6 is 0 Å². The zero-order valence-electron chi connectivity index (χ0n) is 14.1. The Morgan fingerprint density at radius 2 is 2.08 bits per heavy atom. The van der Waals surface area contributed by atoms with Crippen molar-refractivity contribution in [1.29, 1.82) is 0 Å². The summed E-state index contributed by atoms with van der Waals surface area (Å²) >= 11 is 0. The van der Waals surface area contributed by atoms with Crippen molar-refractivity contribution in [1.82, 2.24) is 9.55 Å². The van der Waals surface area contributed by atoms with Gasteiger partial charge in [0.15, 0.2) is 23.6 Å². The maximum atomic E-state index is 6.01. The van der Waals surface area contributed by atoms with Gasteiger partial charge >= 0.3 is 0 Å². The number of anilines is 1. The van der Waals surface area contributed by atoms with Crippen molar-refractivity contribution in [2.45, 2.75) is 6.17 Å². The molecule has 2 aliphatic rings. The van der Waals surface area contributed by atoms with Crippen molar-refractivity contribution >= 4 is 22.9 Å². The van der Waals surface area contributed by atoms with Crippen LogP contribution in [0.3, 0.4) is 0 Å². The van der Waals surface area contributed by atoms with E-state index in [1.165, 1.54) is 0 Å². The summed E-state index contributed by atoms with van der Waals surface area (Å²) in [7, 11) is 1.61. The first-order chi connectivity index (χ1) is 12.7. The number of hydrogen-bond acceptors (Lipinski definition) is 7. The maximum absolute atomic E-state index is 6.01. The molecule has 8 nitrogen and oxygen atoms in total. The molecule has 3 heterocycles. The van der Waals surface area contributed by atoms with Gasteiger partial charge in [-0.3, -0.25) is 9.88 Å². The summed E-state index contributed by atoms with van der Waals surface area (Å²) in [5.41, 5.74) is 8.71. The van der Waals surface area contributed by atoms with Gasteiger partial charge in [0.25, 0.3) is 0 Å². The highest BCUT2D eigenvalue weighted by molar-refractivity contribution is 5.94. The zero-order valence-corrected chi connectivity index (χ0v) is 14.1. The minimum Gasteiger partial charge on any atom is -0.493 e. The van der Waals surface area contributed by atoms with Crippen molar-refractivity contribution in [2.75, 3.05) is 25.6 Å². The van der Waals surface area contributed by atoms with Gasteiger partial charge in [-0.05, 0) is 24.3 Å². The Hall–Kier alpha value is -3.42. The van der Waals surface area contributed by atoms with E-state index in [4.69, 9.17) is 19.9 Å². The van der Waals surface area contributed by atoms with Crippen LogP contribution < -0.4 is 25.3 Å². The minimum absolute atomic E-state index is 0.312. The number of hydrogen-bond donors (Lipinski definition) is 2. The minimum atomic E-state index is -0.386. The summed E-state index contributed by atoms with van der Waals surface area (Å²) in [5.74, 6) is 2.83. The van der Waals surface area contributed by atoms with Gasteiger partial charge in [0.2, 0.25) is 11.7 Å². The second-order valence-electron chi connectivity index (χ2n) is 6.05. The number of para-hydroxylation sites is 2. The van der Waals surface area contributed by atoms with Crippen molar-refractivity contribution in [3.05, 3.63) is 42.0 Å². The molecule has 0 radical (unpaired) electrons. The second kappa shape index (κ2) is 5.55. The van der Waals surface area contributed by atoms with Gasteiger partial charge in [-0.2, -0.15) is 0 Å². The van der Waals surface area contributed by atoms with Crippen molar-refractivity contribution in [3.8, 4) is 17.2 Å². The molecule has 1 atom stereocenters. The Bertz CT molecular complexity index is 1030. The topological polar surface area (TPSA) is 95.9 Å². The molecule has 3 N–H and O–H groups in total. The molecule has 132 valence electrons. The van der Waals surface area contributed by atoms with Crippen LogP contribution in [0.4, 0.5) is 5.95 Å². The molecule has 0 saturated carbocycles. The van der Waals surface area contributed by atoms with Crippen LogP contribution in [0.1, 0.15) is 11.7 Å². The molecule has 0 unspecified atom stereocenters. The average Bonchev–Trinajstić information content (AvgIpc) is 3.04. The number of ether oxygens (including phenoxy) is 3. The Morgan fingerprint density at radius 3 is 2.96 bits per heavy atom. The smallest absolute Gasteiger partial charge is 0.212 e. The fraction of sp³-hybridized carbons (Fsp3) is 0.222. The first kappa shape index (κ1) is 14.9. The summed E-state index contributed by atoms with van der Waals surface area (Å²) < 4.78 is 19.0. The number of nitrogens with one attached hydrogen (secondary N) is 1. The molecule has 8 heteroatoms. The standard InChI is InChI=1S/C18H17N5O3/c1-24-13-8-10(9-14-15(13)26-7-6-25-14)16-21-17(19)22-18-20-11-4-2-3-5-12(11)23(16)18/h2-5,8-9,16H,6-7H2,1H3,(H3,19,20,21,22)/t16-/m0/s1. The van der Waals surface area contributed by atoms with E-state index in [-0.39, 0.29) is 6.17 Å². The fourth-order valence-electron chi connectivity index (χ4n) is 3.38. The number of imidazole rings is 1. The average molecular weight is 351 g/mol. The molecular weight excluding hydrogens is 334 g/mol. The molecular formula is C18H17N5O3. The number of benzene rings is 2. The summed E-state index contributed by atoms with van der Waals surface area (Å²) in [6, 6.07) is 11.7. The zero-order chi connectivity index (χ0) is 17.7. The van der Waals surface area contributed by atoms with Crippen LogP contribution in [0, 0.1) is 0 Å². The molecule has 26 heavy (non-hydrogen) atoms. The Morgan fingerprint density at radius 1 is 1.23 bits per heavy atom. The number of guanidine groups is 1. The third-order valence-electron chi connectivity index (χ3n) is 4.49. The summed E-state index contributed by atoms with van der Waals surface area (Å²) in [4.78, 5) is 9.21. The lowest BCUT2D eigenvalue weighted by atomic mass is 10.1. The first-order valence-corrected chi connectivity index (χ1v) is 8.29. The number of nitrogens with two attached hydrogens (primary N) is 1. The lowest BCUT2D eigenvalue weighted by Gasteiger charge is -2.26. The third-order valence-corrected chi connectivity index (χ3v) is 4.49.